The summed E-state index contributed by atoms with van der Waals surface area (Å²) in [7, 11) is 0. The van der Waals surface area contributed by atoms with Crippen molar-refractivity contribution in [3.8, 4) is 0 Å². The first-order valence-corrected chi connectivity index (χ1v) is 7.33. The smallest absolute Gasteiger partial charge is 0.110 e. The third-order valence-electron chi connectivity index (χ3n) is 3.79. The Morgan fingerprint density at radius 3 is 2.86 bits per heavy atom. The Morgan fingerprint density at radius 1 is 1.24 bits per heavy atom. The number of aromatic nitrogens is 3. The summed E-state index contributed by atoms with van der Waals surface area (Å²) in [4.78, 5) is 8.92. The standard InChI is InChI=1S/C17H20N4/c1-3-4-17-20-15-9-14(18)5-6-16(15)21(17)11-13-7-8-19-10-12(13)2/h5-10H,3-4,11,18H2,1-2H3. The zero-order valence-corrected chi connectivity index (χ0v) is 12.5. The number of benzene rings is 1. The lowest BCUT2D eigenvalue weighted by molar-refractivity contribution is 0.718. The van der Waals surface area contributed by atoms with Crippen LogP contribution >= 0.6 is 0 Å². The maximum absolute atomic E-state index is 5.88. The molecule has 0 aliphatic heterocycles. The predicted octanol–water partition coefficient (Wildman–Crippen LogP) is 3.32. The highest BCUT2D eigenvalue weighted by Gasteiger charge is 2.11. The quantitative estimate of drug-likeness (QED) is 0.746. The van der Waals surface area contributed by atoms with Crippen molar-refractivity contribution in [3.63, 3.8) is 0 Å². The first-order valence-electron chi connectivity index (χ1n) is 7.33. The molecule has 0 fully saturated rings. The molecule has 0 saturated heterocycles. The van der Waals surface area contributed by atoms with Gasteiger partial charge in [0.1, 0.15) is 5.82 Å². The Balaban J connectivity index is 2.11. The maximum atomic E-state index is 5.88. The van der Waals surface area contributed by atoms with Crippen molar-refractivity contribution < 1.29 is 0 Å². The van der Waals surface area contributed by atoms with Gasteiger partial charge in [0.15, 0.2) is 0 Å². The normalized spacial score (nSPS) is 11.1. The van der Waals surface area contributed by atoms with E-state index >= 15 is 0 Å². The molecular formula is C17H20N4. The predicted molar refractivity (Wildman–Crippen MR) is 86.2 cm³/mol. The Hall–Kier alpha value is -2.36. The van der Waals surface area contributed by atoms with Crippen molar-refractivity contribution >= 4 is 16.7 Å². The van der Waals surface area contributed by atoms with Crippen LogP contribution in [0.1, 0.15) is 30.3 Å². The minimum Gasteiger partial charge on any atom is -0.399 e. The van der Waals surface area contributed by atoms with Crippen molar-refractivity contribution in [3.05, 3.63) is 53.6 Å². The molecule has 4 heteroatoms. The summed E-state index contributed by atoms with van der Waals surface area (Å²) in [5, 5.41) is 0. The second kappa shape index (κ2) is 5.56. The minimum atomic E-state index is 0.760. The Bertz CT molecular complexity index is 774. The van der Waals surface area contributed by atoms with E-state index in [1.165, 1.54) is 11.1 Å². The van der Waals surface area contributed by atoms with Crippen LogP contribution in [-0.2, 0) is 13.0 Å². The molecule has 3 aromatic rings. The molecule has 108 valence electrons. The lowest BCUT2D eigenvalue weighted by atomic mass is 10.1. The van der Waals surface area contributed by atoms with Gasteiger partial charge in [-0.05, 0) is 48.7 Å². The number of imidazole rings is 1. The van der Waals surface area contributed by atoms with Crippen LogP contribution in [0.15, 0.2) is 36.7 Å². The molecule has 2 N–H and O–H groups in total. The maximum Gasteiger partial charge on any atom is 0.110 e. The van der Waals surface area contributed by atoms with Crippen molar-refractivity contribution in [2.24, 2.45) is 0 Å². The lowest BCUT2D eigenvalue weighted by Crippen LogP contribution is -2.06. The number of fused-ring (bicyclic) bond motifs is 1. The van der Waals surface area contributed by atoms with Gasteiger partial charge >= 0.3 is 0 Å². The van der Waals surface area contributed by atoms with E-state index in [1.54, 1.807) is 0 Å². The molecule has 0 radical (unpaired) electrons. The van der Waals surface area contributed by atoms with E-state index in [2.05, 4.69) is 35.5 Å². The van der Waals surface area contributed by atoms with Crippen LogP contribution in [-0.4, -0.2) is 14.5 Å². The highest BCUT2D eigenvalue weighted by molar-refractivity contribution is 5.79. The number of pyridine rings is 1. The van der Waals surface area contributed by atoms with E-state index in [0.29, 0.717) is 0 Å². The average Bonchev–Trinajstić information content (AvgIpc) is 2.79. The molecule has 0 saturated carbocycles. The lowest BCUT2D eigenvalue weighted by Gasteiger charge is -2.11. The molecule has 0 aliphatic rings. The van der Waals surface area contributed by atoms with Crippen LogP contribution in [0.3, 0.4) is 0 Å². The summed E-state index contributed by atoms with van der Waals surface area (Å²) in [6, 6.07) is 8.03. The van der Waals surface area contributed by atoms with E-state index in [-0.39, 0.29) is 0 Å². The fourth-order valence-corrected chi connectivity index (χ4v) is 2.64. The molecule has 2 heterocycles. The Kier molecular flexibility index (Phi) is 3.60. The fraction of sp³-hybridized carbons (Fsp3) is 0.294. The number of hydrogen-bond acceptors (Lipinski definition) is 3. The second-order valence-electron chi connectivity index (χ2n) is 5.41. The zero-order chi connectivity index (χ0) is 14.8. The van der Waals surface area contributed by atoms with E-state index in [9.17, 15) is 0 Å². The number of rotatable bonds is 4. The van der Waals surface area contributed by atoms with Crippen LogP contribution in [0.2, 0.25) is 0 Å². The van der Waals surface area contributed by atoms with E-state index in [0.717, 1.165) is 41.9 Å². The molecule has 0 unspecified atom stereocenters. The Morgan fingerprint density at radius 2 is 2.10 bits per heavy atom. The fourth-order valence-electron chi connectivity index (χ4n) is 2.64. The number of hydrogen-bond donors (Lipinski definition) is 1. The number of aryl methyl sites for hydroxylation is 2. The summed E-state index contributed by atoms with van der Waals surface area (Å²) in [6.07, 6.45) is 5.80. The van der Waals surface area contributed by atoms with Crippen molar-refractivity contribution in [2.75, 3.05) is 5.73 Å². The monoisotopic (exact) mass is 280 g/mol. The number of nitrogens with zero attached hydrogens (tertiary/aromatic N) is 3. The van der Waals surface area contributed by atoms with Crippen LogP contribution in [0.5, 0.6) is 0 Å². The molecule has 3 rings (SSSR count). The molecule has 4 nitrogen and oxygen atoms in total. The number of anilines is 1. The van der Waals surface area contributed by atoms with Gasteiger partial charge < -0.3 is 10.3 Å². The van der Waals surface area contributed by atoms with Crippen molar-refractivity contribution in [1.29, 1.82) is 0 Å². The molecule has 0 amide bonds. The van der Waals surface area contributed by atoms with Crippen molar-refractivity contribution in [1.82, 2.24) is 14.5 Å². The van der Waals surface area contributed by atoms with E-state index in [4.69, 9.17) is 10.7 Å². The van der Waals surface area contributed by atoms with Crippen molar-refractivity contribution in [2.45, 2.75) is 33.2 Å². The zero-order valence-electron chi connectivity index (χ0n) is 12.5. The van der Waals surface area contributed by atoms with Gasteiger partial charge in [-0.15, -0.1) is 0 Å². The summed E-state index contributed by atoms with van der Waals surface area (Å²) in [5.74, 6) is 1.12. The largest absolute Gasteiger partial charge is 0.399 e. The van der Waals surface area contributed by atoms with Gasteiger partial charge in [0, 0.05) is 31.0 Å². The molecule has 0 aliphatic carbocycles. The third kappa shape index (κ3) is 2.61. The van der Waals surface area contributed by atoms with Gasteiger partial charge in [-0.2, -0.15) is 0 Å². The molecule has 0 bridgehead atoms. The highest BCUT2D eigenvalue weighted by atomic mass is 15.1. The summed E-state index contributed by atoms with van der Waals surface area (Å²) < 4.78 is 2.29. The van der Waals surface area contributed by atoms with Crippen LogP contribution in [0.25, 0.3) is 11.0 Å². The number of nitrogen functional groups attached to an aromatic ring is 1. The molecule has 2 aromatic heterocycles. The van der Waals surface area contributed by atoms with Gasteiger partial charge in [-0.3, -0.25) is 4.98 Å². The molecule has 0 spiro atoms. The van der Waals surface area contributed by atoms with E-state index < -0.39 is 0 Å². The first-order chi connectivity index (χ1) is 10.2. The topological polar surface area (TPSA) is 56.7 Å². The van der Waals surface area contributed by atoms with Gasteiger partial charge in [0.2, 0.25) is 0 Å². The molecule has 0 atom stereocenters. The van der Waals surface area contributed by atoms with E-state index in [1.807, 2.05) is 24.5 Å². The highest BCUT2D eigenvalue weighted by Crippen LogP contribution is 2.22. The third-order valence-corrected chi connectivity index (χ3v) is 3.79. The summed E-state index contributed by atoms with van der Waals surface area (Å²) in [5.41, 5.74) is 11.2. The van der Waals surface area contributed by atoms with Crippen LogP contribution < -0.4 is 5.73 Å². The first kappa shape index (κ1) is 13.6. The summed E-state index contributed by atoms with van der Waals surface area (Å²) >= 11 is 0. The Labute approximate surface area is 124 Å². The van der Waals surface area contributed by atoms with Gasteiger partial charge in [0.05, 0.1) is 11.0 Å². The van der Waals surface area contributed by atoms with Gasteiger partial charge in [0.25, 0.3) is 0 Å². The van der Waals surface area contributed by atoms with Crippen LogP contribution in [0, 0.1) is 6.92 Å². The van der Waals surface area contributed by atoms with Gasteiger partial charge in [-0.25, -0.2) is 4.98 Å². The summed E-state index contributed by atoms with van der Waals surface area (Å²) in [6.45, 7) is 5.10. The SMILES string of the molecule is CCCc1nc2cc(N)ccc2n1Cc1ccncc1C. The molecular weight excluding hydrogens is 260 g/mol. The van der Waals surface area contributed by atoms with Gasteiger partial charge in [-0.1, -0.05) is 6.92 Å². The average molecular weight is 280 g/mol. The van der Waals surface area contributed by atoms with Crippen LogP contribution in [0.4, 0.5) is 5.69 Å². The molecule has 1 aromatic carbocycles. The number of nitrogens with two attached hydrogens (primary N) is 1. The molecule has 21 heavy (non-hydrogen) atoms. The minimum absolute atomic E-state index is 0.760. The second-order valence-corrected chi connectivity index (χ2v) is 5.41.